The van der Waals surface area contributed by atoms with Gasteiger partial charge in [0.05, 0.1) is 29.7 Å². The van der Waals surface area contributed by atoms with Gasteiger partial charge in [-0.15, -0.1) is 0 Å². The Bertz CT molecular complexity index is 1690. The predicted octanol–water partition coefficient (Wildman–Crippen LogP) is 6.07. The predicted molar refractivity (Wildman–Crippen MR) is 144 cm³/mol. The molecule has 188 valence electrons. The largest absolute Gasteiger partial charge is 0.492 e. The quantitative estimate of drug-likeness (QED) is 0.250. The summed E-state index contributed by atoms with van der Waals surface area (Å²) in [5, 5.41) is 3.30. The van der Waals surface area contributed by atoms with Gasteiger partial charge in [-0.05, 0) is 54.1 Å². The SMILES string of the molecule is O=C(Nc1ccc(Cl)c(-c2nc3ncc(-c4ccc(OCCn5ccnc5)cc4)cc3[nH]2)c1)c1ccco1. The second-order valence-corrected chi connectivity index (χ2v) is 8.89. The van der Waals surface area contributed by atoms with Crippen molar-refractivity contribution in [1.29, 1.82) is 0 Å². The fourth-order valence-electron chi connectivity index (χ4n) is 4.00. The number of H-pyrrole nitrogens is 1. The van der Waals surface area contributed by atoms with Gasteiger partial charge in [-0.3, -0.25) is 4.79 Å². The van der Waals surface area contributed by atoms with E-state index in [9.17, 15) is 4.79 Å². The Hall–Kier alpha value is -4.89. The molecule has 0 aliphatic carbocycles. The van der Waals surface area contributed by atoms with Gasteiger partial charge in [0.15, 0.2) is 11.4 Å². The smallest absolute Gasteiger partial charge is 0.291 e. The molecule has 2 aromatic carbocycles. The van der Waals surface area contributed by atoms with Crippen LogP contribution in [-0.4, -0.2) is 37.0 Å². The molecule has 0 saturated carbocycles. The molecule has 0 bridgehead atoms. The zero-order valence-corrected chi connectivity index (χ0v) is 20.7. The Kier molecular flexibility index (Phi) is 6.33. The van der Waals surface area contributed by atoms with Gasteiger partial charge in [0.2, 0.25) is 0 Å². The fraction of sp³-hybridized carbons (Fsp3) is 0.0714. The number of aromatic amines is 1. The minimum absolute atomic E-state index is 0.219. The average Bonchev–Trinajstić information content (AvgIpc) is 3.72. The van der Waals surface area contributed by atoms with Crippen LogP contribution in [0.25, 0.3) is 33.7 Å². The van der Waals surface area contributed by atoms with Crippen LogP contribution in [0.3, 0.4) is 0 Å². The Balaban J connectivity index is 1.19. The molecule has 1 amide bonds. The Morgan fingerprint density at radius 2 is 2.00 bits per heavy atom. The summed E-state index contributed by atoms with van der Waals surface area (Å²) in [5.41, 5.74) is 4.46. The molecule has 0 atom stereocenters. The fourth-order valence-corrected chi connectivity index (χ4v) is 4.21. The molecule has 4 heterocycles. The van der Waals surface area contributed by atoms with Crippen molar-refractivity contribution >= 4 is 34.4 Å². The molecule has 6 rings (SSSR count). The van der Waals surface area contributed by atoms with E-state index in [2.05, 4.69) is 25.3 Å². The third-order valence-corrected chi connectivity index (χ3v) is 6.26. The number of aromatic nitrogens is 5. The van der Waals surface area contributed by atoms with E-state index in [1.165, 1.54) is 6.26 Å². The number of rotatable bonds is 8. The van der Waals surface area contributed by atoms with Gasteiger partial charge >= 0.3 is 0 Å². The number of halogens is 1. The standard InChI is InChI=1S/C28H21ClN6O3/c29-23-8-5-20(32-28(36)25-2-1-12-38-25)15-22(23)26-33-24-14-19(16-31-27(24)34-26)18-3-6-21(7-4-18)37-13-11-35-10-9-30-17-35/h1-10,12,14-17H,11,13H2,(H,32,36)(H,31,33,34). The van der Waals surface area contributed by atoms with Crippen molar-refractivity contribution < 1.29 is 13.9 Å². The monoisotopic (exact) mass is 524 g/mol. The molecule has 0 aliphatic rings. The summed E-state index contributed by atoms with van der Waals surface area (Å²) in [4.78, 5) is 28.8. The summed E-state index contributed by atoms with van der Waals surface area (Å²) in [6.45, 7) is 1.28. The molecular formula is C28H21ClN6O3. The maximum absolute atomic E-state index is 12.4. The van der Waals surface area contributed by atoms with Gasteiger partial charge < -0.3 is 24.0 Å². The van der Waals surface area contributed by atoms with Crippen molar-refractivity contribution in [1.82, 2.24) is 24.5 Å². The average molecular weight is 525 g/mol. The molecule has 0 aliphatic heterocycles. The molecule has 2 N–H and O–H groups in total. The molecule has 4 aromatic heterocycles. The summed E-state index contributed by atoms with van der Waals surface area (Å²) in [7, 11) is 0. The van der Waals surface area contributed by atoms with E-state index in [4.69, 9.17) is 20.8 Å². The first kappa shape index (κ1) is 23.5. The van der Waals surface area contributed by atoms with Crippen LogP contribution in [-0.2, 0) is 6.54 Å². The zero-order valence-electron chi connectivity index (χ0n) is 20.0. The molecule has 0 spiro atoms. The van der Waals surface area contributed by atoms with E-state index in [1.807, 2.05) is 41.1 Å². The van der Waals surface area contributed by atoms with Crippen LogP contribution >= 0.6 is 11.6 Å². The van der Waals surface area contributed by atoms with Gasteiger partial charge in [-0.2, -0.15) is 0 Å². The molecule has 10 heteroatoms. The molecule has 0 saturated heterocycles. The Morgan fingerprint density at radius 1 is 1.11 bits per heavy atom. The number of nitrogens with zero attached hydrogens (tertiary/aromatic N) is 4. The highest BCUT2D eigenvalue weighted by Gasteiger charge is 2.14. The van der Waals surface area contributed by atoms with E-state index in [-0.39, 0.29) is 11.7 Å². The maximum Gasteiger partial charge on any atom is 0.291 e. The summed E-state index contributed by atoms with van der Waals surface area (Å²) in [6, 6.07) is 18.3. The number of furan rings is 1. The van der Waals surface area contributed by atoms with Crippen LogP contribution in [0.1, 0.15) is 10.6 Å². The first-order valence-corrected chi connectivity index (χ1v) is 12.2. The minimum Gasteiger partial charge on any atom is -0.492 e. The molecule has 38 heavy (non-hydrogen) atoms. The van der Waals surface area contributed by atoms with Gasteiger partial charge in [-0.1, -0.05) is 23.7 Å². The van der Waals surface area contributed by atoms with Gasteiger partial charge in [0.25, 0.3) is 5.91 Å². The number of pyridine rings is 1. The number of carbonyl (C=O) groups excluding carboxylic acids is 1. The van der Waals surface area contributed by atoms with E-state index in [0.717, 1.165) is 28.9 Å². The lowest BCUT2D eigenvalue weighted by Crippen LogP contribution is -2.10. The maximum atomic E-state index is 12.4. The van der Waals surface area contributed by atoms with Crippen LogP contribution in [0.2, 0.25) is 5.02 Å². The number of benzene rings is 2. The van der Waals surface area contributed by atoms with Crippen LogP contribution in [0, 0.1) is 0 Å². The molecule has 0 unspecified atom stereocenters. The highest BCUT2D eigenvalue weighted by Crippen LogP contribution is 2.31. The Labute approximate surface area is 222 Å². The number of hydrogen-bond acceptors (Lipinski definition) is 6. The number of hydrogen-bond donors (Lipinski definition) is 2. The topological polar surface area (TPSA) is 111 Å². The second-order valence-electron chi connectivity index (χ2n) is 8.48. The lowest BCUT2D eigenvalue weighted by atomic mass is 10.1. The van der Waals surface area contributed by atoms with Crippen molar-refractivity contribution in [3.63, 3.8) is 0 Å². The second kappa shape index (κ2) is 10.2. The Morgan fingerprint density at radius 3 is 2.79 bits per heavy atom. The molecule has 0 fully saturated rings. The van der Waals surface area contributed by atoms with E-state index < -0.39 is 0 Å². The van der Waals surface area contributed by atoms with Crippen molar-refractivity contribution in [2.24, 2.45) is 0 Å². The number of imidazole rings is 2. The first-order valence-electron chi connectivity index (χ1n) is 11.8. The highest BCUT2D eigenvalue weighted by atomic mass is 35.5. The normalized spacial score (nSPS) is 11.1. The summed E-state index contributed by atoms with van der Waals surface area (Å²) in [5.74, 6) is 1.20. The van der Waals surface area contributed by atoms with Gasteiger partial charge in [-0.25, -0.2) is 15.0 Å². The number of carbonyl (C=O) groups is 1. The van der Waals surface area contributed by atoms with E-state index in [1.54, 1.807) is 49.1 Å². The first-order chi connectivity index (χ1) is 18.6. The number of ether oxygens (including phenoxy) is 1. The van der Waals surface area contributed by atoms with Crippen molar-refractivity contribution in [2.75, 3.05) is 11.9 Å². The number of amides is 1. The summed E-state index contributed by atoms with van der Waals surface area (Å²) >= 11 is 6.47. The van der Waals surface area contributed by atoms with Crippen molar-refractivity contribution in [2.45, 2.75) is 6.54 Å². The summed E-state index contributed by atoms with van der Waals surface area (Å²) < 4.78 is 13.0. The molecular weight excluding hydrogens is 504 g/mol. The van der Waals surface area contributed by atoms with Crippen LogP contribution in [0.5, 0.6) is 5.75 Å². The number of fused-ring (bicyclic) bond motifs is 1. The van der Waals surface area contributed by atoms with Gasteiger partial charge in [0.1, 0.15) is 18.2 Å². The highest BCUT2D eigenvalue weighted by molar-refractivity contribution is 6.33. The van der Waals surface area contributed by atoms with Crippen molar-refractivity contribution in [3.8, 4) is 28.3 Å². The minimum atomic E-state index is -0.353. The lowest BCUT2D eigenvalue weighted by Gasteiger charge is -2.08. The van der Waals surface area contributed by atoms with Crippen LogP contribution < -0.4 is 10.1 Å². The molecule has 6 aromatic rings. The number of anilines is 1. The van der Waals surface area contributed by atoms with E-state index >= 15 is 0 Å². The van der Waals surface area contributed by atoms with Crippen molar-refractivity contribution in [3.05, 3.63) is 103 Å². The third kappa shape index (κ3) is 5.00. The van der Waals surface area contributed by atoms with E-state index in [0.29, 0.717) is 34.4 Å². The summed E-state index contributed by atoms with van der Waals surface area (Å²) in [6.07, 6.45) is 8.65. The number of nitrogens with one attached hydrogen (secondary N) is 2. The lowest BCUT2D eigenvalue weighted by molar-refractivity contribution is 0.0996. The van der Waals surface area contributed by atoms with Gasteiger partial charge in [0, 0.05) is 35.4 Å². The zero-order chi connectivity index (χ0) is 25.9. The third-order valence-electron chi connectivity index (χ3n) is 5.93. The molecule has 9 nitrogen and oxygen atoms in total. The van der Waals surface area contributed by atoms with Crippen LogP contribution in [0.4, 0.5) is 5.69 Å². The van der Waals surface area contributed by atoms with Crippen LogP contribution in [0.15, 0.2) is 96.3 Å². The molecule has 0 radical (unpaired) electrons.